The summed E-state index contributed by atoms with van der Waals surface area (Å²) in [6.45, 7) is 1.72. The highest BCUT2D eigenvalue weighted by molar-refractivity contribution is 5.93. The number of allylic oxidation sites excluding steroid dienone is 1. The van der Waals surface area contributed by atoms with E-state index in [9.17, 15) is 9.59 Å². The van der Waals surface area contributed by atoms with Crippen LogP contribution in [0.3, 0.4) is 0 Å². The number of hydrogen-bond donors (Lipinski definition) is 2. The average Bonchev–Trinajstić information content (AvgIpc) is 2.54. The molecule has 1 aliphatic carbocycles. The largest absolute Gasteiger partial charge is 0.480 e. The van der Waals surface area contributed by atoms with Gasteiger partial charge in [0.1, 0.15) is 5.54 Å². The van der Waals surface area contributed by atoms with Gasteiger partial charge in [0.25, 0.3) is 0 Å². The van der Waals surface area contributed by atoms with Gasteiger partial charge in [-0.05, 0) is 25.8 Å². The molecule has 0 heterocycles. The molecule has 0 saturated heterocycles. The standard InChI is InChI=1S/C10H15NO3/c1-2-5-8(12)11-10(9(13)14)6-3-4-7-10/h2,5H,3-4,6-7H2,1H3,(H,11,12)(H,13,14)/b5-2+. The molecule has 14 heavy (non-hydrogen) atoms. The summed E-state index contributed by atoms with van der Waals surface area (Å²) in [5.41, 5.74) is -1.02. The van der Waals surface area contributed by atoms with E-state index in [1.807, 2.05) is 0 Å². The van der Waals surface area contributed by atoms with Crippen LogP contribution in [0.4, 0.5) is 0 Å². The van der Waals surface area contributed by atoms with Crippen LogP contribution in [-0.4, -0.2) is 22.5 Å². The molecule has 0 aromatic rings. The normalized spacial score (nSPS) is 19.8. The van der Waals surface area contributed by atoms with Crippen LogP contribution >= 0.6 is 0 Å². The molecule has 0 radical (unpaired) electrons. The number of aliphatic carboxylic acids is 1. The third-order valence-electron chi connectivity index (χ3n) is 2.55. The quantitative estimate of drug-likeness (QED) is 0.665. The maximum absolute atomic E-state index is 11.2. The SMILES string of the molecule is C/C=C/C(=O)NC1(C(=O)O)CCCC1. The van der Waals surface area contributed by atoms with Gasteiger partial charge in [0.05, 0.1) is 0 Å². The fraction of sp³-hybridized carbons (Fsp3) is 0.600. The number of nitrogens with one attached hydrogen (secondary N) is 1. The minimum atomic E-state index is -1.02. The van der Waals surface area contributed by atoms with Crippen molar-refractivity contribution in [3.8, 4) is 0 Å². The molecule has 0 aliphatic heterocycles. The second-order valence-electron chi connectivity index (χ2n) is 3.58. The molecule has 78 valence electrons. The number of carboxylic acid groups (broad SMARTS) is 1. The molecule has 1 amide bonds. The molecule has 4 heteroatoms. The predicted molar refractivity (Wildman–Crippen MR) is 51.8 cm³/mol. The predicted octanol–water partition coefficient (Wildman–Crippen LogP) is 1.08. The Labute approximate surface area is 83.0 Å². The minimum absolute atomic E-state index is 0.322. The first-order chi connectivity index (χ1) is 6.60. The average molecular weight is 197 g/mol. The maximum atomic E-state index is 11.2. The maximum Gasteiger partial charge on any atom is 0.329 e. The highest BCUT2D eigenvalue weighted by atomic mass is 16.4. The van der Waals surface area contributed by atoms with E-state index in [0.717, 1.165) is 12.8 Å². The molecule has 0 spiro atoms. The summed E-state index contributed by atoms with van der Waals surface area (Å²) in [6, 6.07) is 0. The number of carbonyl (C=O) groups excluding carboxylic acids is 1. The fourth-order valence-electron chi connectivity index (χ4n) is 1.80. The lowest BCUT2D eigenvalue weighted by molar-refractivity contribution is -0.146. The van der Waals surface area contributed by atoms with E-state index < -0.39 is 11.5 Å². The summed E-state index contributed by atoms with van der Waals surface area (Å²) in [7, 11) is 0. The van der Waals surface area contributed by atoms with Gasteiger partial charge in [-0.3, -0.25) is 4.79 Å². The van der Waals surface area contributed by atoms with Crippen molar-refractivity contribution >= 4 is 11.9 Å². The Morgan fingerprint density at radius 1 is 1.36 bits per heavy atom. The van der Waals surface area contributed by atoms with Gasteiger partial charge in [-0.15, -0.1) is 0 Å². The van der Waals surface area contributed by atoms with Crippen LogP contribution in [0.5, 0.6) is 0 Å². The van der Waals surface area contributed by atoms with Crippen molar-refractivity contribution < 1.29 is 14.7 Å². The van der Waals surface area contributed by atoms with Crippen molar-refractivity contribution in [1.29, 1.82) is 0 Å². The zero-order chi connectivity index (χ0) is 10.6. The van der Waals surface area contributed by atoms with Gasteiger partial charge in [-0.1, -0.05) is 18.9 Å². The summed E-state index contributed by atoms with van der Waals surface area (Å²) in [6.07, 6.45) is 5.74. The third-order valence-corrected chi connectivity index (χ3v) is 2.55. The van der Waals surface area contributed by atoms with Crippen LogP contribution in [0.1, 0.15) is 32.6 Å². The molecule has 0 atom stereocenters. The first-order valence-corrected chi connectivity index (χ1v) is 4.79. The lowest BCUT2D eigenvalue weighted by Gasteiger charge is -2.24. The second kappa shape index (κ2) is 4.26. The first-order valence-electron chi connectivity index (χ1n) is 4.79. The van der Waals surface area contributed by atoms with Gasteiger partial charge < -0.3 is 10.4 Å². The number of carboxylic acids is 1. The van der Waals surface area contributed by atoms with Crippen molar-refractivity contribution in [3.05, 3.63) is 12.2 Å². The topological polar surface area (TPSA) is 66.4 Å². The summed E-state index contributed by atoms with van der Waals surface area (Å²) < 4.78 is 0. The van der Waals surface area contributed by atoms with E-state index >= 15 is 0 Å². The van der Waals surface area contributed by atoms with E-state index in [1.165, 1.54) is 6.08 Å². The Hall–Kier alpha value is -1.32. The molecule has 0 aromatic heterocycles. The molecule has 0 aromatic carbocycles. The van der Waals surface area contributed by atoms with Gasteiger partial charge in [0, 0.05) is 0 Å². The van der Waals surface area contributed by atoms with Gasteiger partial charge >= 0.3 is 5.97 Å². The van der Waals surface area contributed by atoms with E-state index in [1.54, 1.807) is 13.0 Å². The Balaban J connectivity index is 2.70. The second-order valence-corrected chi connectivity index (χ2v) is 3.58. The van der Waals surface area contributed by atoms with Crippen molar-refractivity contribution in [2.24, 2.45) is 0 Å². The van der Waals surface area contributed by atoms with E-state index in [0.29, 0.717) is 12.8 Å². The van der Waals surface area contributed by atoms with Crippen LogP contribution in [-0.2, 0) is 9.59 Å². The molecular formula is C10H15NO3. The van der Waals surface area contributed by atoms with Gasteiger partial charge in [-0.2, -0.15) is 0 Å². The van der Waals surface area contributed by atoms with Crippen molar-refractivity contribution in [3.63, 3.8) is 0 Å². The van der Waals surface area contributed by atoms with Gasteiger partial charge in [0.2, 0.25) is 5.91 Å². The van der Waals surface area contributed by atoms with Crippen LogP contribution < -0.4 is 5.32 Å². The van der Waals surface area contributed by atoms with E-state index in [-0.39, 0.29) is 5.91 Å². The molecule has 2 N–H and O–H groups in total. The van der Waals surface area contributed by atoms with Crippen LogP contribution in [0.25, 0.3) is 0 Å². The van der Waals surface area contributed by atoms with Gasteiger partial charge in [0.15, 0.2) is 0 Å². The Morgan fingerprint density at radius 3 is 2.36 bits per heavy atom. The van der Waals surface area contributed by atoms with Crippen LogP contribution in [0, 0.1) is 0 Å². The summed E-state index contributed by atoms with van der Waals surface area (Å²) in [5, 5.41) is 11.6. The molecule has 4 nitrogen and oxygen atoms in total. The molecule has 1 fully saturated rings. The highest BCUT2D eigenvalue weighted by Crippen LogP contribution is 2.29. The van der Waals surface area contributed by atoms with Crippen molar-refractivity contribution in [2.45, 2.75) is 38.1 Å². The summed E-state index contributed by atoms with van der Waals surface area (Å²) in [4.78, 5) is 22.3. The Morgan fingerprint density at radius 2 is 1.93 bits per heavy atom. The smallest absolute Gasteiger partial charge is 0.329 e. The van der Waals surface area contributed by atoms with E-state index in [4.69, 9.17) is 5.11 Å². The number of carbonyl (C=O) groups is 2. The highest BCUT2D eigenvalue weighted by Gasteiger charge is 2.42. The zero-order valence-corrected chi connectivity index (χ0v) is 8.25. The zero-order valence-electron chi connectivity index (χ0n) is 8.25. The number of amides is 1. The van der Waals surface area contributed by atoms with E-state index in [2.05, 4.69) is 5.32 Å². The molecule has 0 unspecified atom stereocenters. The first kappa shape index (κ1) is 10.8. The number of rotatable bonds is 3. The fourth-order valence-corrected chi connectivity index (χ4v) is 1.80. The molecule has 1 rings (SSSR count). The molecular weight excluding hydrogens is 182 g/mol. The van der Waals surface area contributed by atoms with Crippen molar-refractivity contribution in [1.82, 2.24) is 5.32 Å². The molecule has 1 saturated carbocycles. The third kappa shape index (κ3) is 2.13. The lowest BCUT2D eigenvalue weighted by atomic mass is 9.98. The van der Waals surface area contributed by atoms with Crippen LogP contribution in [0.15, 0.2) is 12.2 Å². The number of hydrogen-bond acceptors (Lipinski definition) is 2. The van der Waals surface area contributed by atoms with Crippen molar-refractivity contribution in [2.75, 3.05) is 0 Å². The summed E-state index contributed by atoms with van der Waals surface area (Å²) in [5.74, 6) is -1.25. The van der Waals surface area contributed by atoms with Crippen LogP contribution in [0.2, 0.25) is 0 Å². The Bertz CT molecular complexity index is 265. The monoisotopic (exact) mass is 197 g/mol. The summed E-state index contributed by atoms with van der Waals surface area (Å²) >= 11 is 0. The molecule has 1 aliphatic rings. The molecule has 0 bridgehead atoms. The Kier molecular flexibility index (Phi) is 3.28. The van der Waals surface area contributed by atoms with Gasteiger partial charge in [-0.25, -0.2) is 4.79 Å². The lowest BCUT2D eigenvalue weighted by Crippen LogP contribution is -2.52. The minimum Gasteiger partial charge on any atom is -0.480 e.